The lowest BCUT2D eigenvalue weighted by Crippen LogP contribution is -2.39. The van der Waals surface area contributed by atoms with Crippen LogP contribution in [0.25, 0.3) is 21.3 Å². The molecule has 1 aliphatic rings. The average molecular weight is 452 g/mol. The first kappa shape index (κ1) is 20.4. The lowest BCUT2D eigenvalue weighted by molar-refractivity contribution is 0.100. The lowest BCUT2D eigenvalue weighted by atomic mass is 9.89. The third-order valence-corrected chi connectivity index (χ3v) is 8.72. The molecule has 6 nitrogen and oxygen atoms in total. The third-order valence-electron chi connectivity index (χ3n) is 5.51. The zero-order valence-electron chi connectivity index (χ0n) is 15.7. The molecule has 1 aromatic carbocycles. The van der Waals surface area contributed by atoms with Crippen molar-refractivity contribution in [1.29, 1.82) is 0 Å². The van der Waals surface area contributed by atoms with Crippen LogP contribution in [0.3, 0.4) is 0 Å². The van der Waals surface area contributed by atoms with E-state index in [1.807, 2.05) is 29.8 Å². The van der Waals surface area contributed by atoms with Crippen molar-refractivity contribution < 1.29 is 13.2 Å². The predicted octanol–water partition coefficient (Wildman–Crippen LogP) is 3.74. The van der Waals surface area contributed by atoms with E-state index in [2.05, 4.69) is 11.1 Å². The number of hydrogen-bond acceptors (Lipinski definition) is 4. The summed E-state index contributed by atoms with van der Waals surface area (Å²) in [7, 11) is -3.29. The number of primary amides is 1. The highest BCUT2D eigenvalue weighted by Crippen LogP contribution is 2.37. The summed E-state index contributed by atoms with van der Waals surface area (Å²) in [5.74, 6) is -0.181. The zero-order valence-corrected chi connectivity index (χ0v) is 18.1. The van der Waals surface area contributed by atoms with Crippen LogP contribution in [-0.2, 0) is 10.0 Å². The molecule has 2 aromatic heterocycles. The van der Waals surface area contributed by atoms with Crippen LogP contribution in [0.15, 0.2) is 35.8 Å². The van der Waals surface area contributed by atoms with Crippen molar-refractivity contribution in [2.45, 2.75) is 18.8 Å². The Labute approximate surface area is 178 Å². The van der Waals surface area contributed by atoms with Crippen molar-refractivity contribution in [2.24, 2.45) is 5.73 Å². The number of amides is 1. The number of fused-ring (bicyclic) bond motifs is 1. The molecule has 1 fully saturated rings. The number of aromatic nitrogens is 1. The van der Waals surface area contributed by atoms with Crippen molar-refractivity contribution >= 4 is 49.8 Å². The summed E-state index contributed by atoms with van der Waals surface area (Å²) < 4.78 is 26.1. The van der Waals surface area contributed by atoms with E-state index in [4.69, 9.17) is 17.3 Å². The van der Waals surface area contributed by atoms with Crippen LogP contribution < -0.4 is 5.73 Å². The Bertz CT molecular complexity index is 1130. The van der Waals surface area contributed by atoms with Gasteiger partial charge in [-0.05, 0) is 53.5 Å². The largest absolute Gasteiger partial charge is 0.366 e. The van der Waals surface area contributed by atoms with Gasteiger partial charge in [0.2, 0.25) is 10.0 Å². The number of carbonyl (C=O) groups is 1. The standard InChI is InChI=1S/C20H22ClN3O3S2/c21-5-9-29(26,27)24-6-3-13(4-7-24)17-12-23-19-15(17)10-14(11-16(19)20(22)25)18-2-1-8-28-18/h1-2,8,10-13,23H,3-7,9H2,(H2,22,25). The number of carbonyl (C=O) groups excluding carboxylic acids is 1. The van der Waals surface area contributed by atoms with E-state index >= 15 is 0 Å². The van der Waals surface area contributed by atoms with E-state index in [-0.39, 0.29) is 17.6 Å². The average Bonchev–Trinajstić information content (AvgIpc) is 3.37. The minimum absolute atomic E-state index is 0.0293. The van der Waals surface area contributed by atoms with Gasteiger partial charge < -0.3 is 10.7 Å². The topological polar surface area (TPSA) is 96.3 Å². The summed E-state index contributed by atoms with van der Waals surface area (Å²) >= 11 is 7.24. The first-order valence-corrected chi connectivity index (χ1v) is 12.5. The molecule has 3 heterocycles. The molecular weight excluding hydrogens is 430 g/mol. The smallest absolute Gasteiger partial charge is 0.250 e. The minimum Gasteiger partial charge on any atom is -0.366 e. The number of nitrogens with zero attached hydrogens (tertiary/aromatic N) is 1. The molecule has 0 atom stereocenters. The number of alkyl halides is 1. The molecule has 0 saturated carbocycles. The van der Waals surface area contributed by atoms with Gasteiger partial charge in [-0.25, -0.2) is 12.7 Å². The molecule has 1 saturated heterocycles. The van der Waals surface area contributed by atoms with Gasteiger partial charge in [-0.2, -0.15) is 0 Å². The minimum atomic E-state index is -3.29. The Hall–Kier alpha value is -1.87. The Morgan fingerprint density at radius 2 is 2.07 bits per heavy atom. The Morgan fingerprint density at radius 3 is 2.69 bits per heavy atom. The van der Waals surface area contributed by atoms with Gasteiger partial charge in [-0.1, -0.05) is 6.07 Å². The summed E-state index contributed by atoms with van der Waals surface area (Å²) in [5.41, 5.74) is 8.93. The monoisotopic (exact) mass is 451 g/mol. The van der Waals surface area contributed by atoms with Gasteiger partial charge in [0.05, 0.1) is 16.8 Å². The number of rotatable bonds is 6. The van der Waals surface area contributed by atoms with E-state index in [0.717, 1.165) is 39.7 Å². The van der Waals surface area contributed by atoms with Crippen molar-refractivity contribution in [3.63, 3.8) is 0 Å². The van der Waals surface area contributed by atoms with Gasteiger partial charge in [-0.15, -0.1) is 22.9 Å². The molecule has 0 aliphatic carbocycles. The number of nitrogens with two attached hydrogens (primary N) is 1. The third kappa shape index (κ3) is 3.94. The summed E-state index contributed by atoms with van der Waals surface area (Å²) in [6.45, 7) is 0.952. The maximum absolute atomic E-state index is 12.3. The molecule has 154 valence electrons. The van der Waals surface area contributed by atoms with Gasteiger partial charge in [0, 0.05) is 35.4 Å². The second-order valence-corrected chi connectivity index (χ2v) is 10.6. The van der Waals surface area contributed by atoms with Gasteiger partial charge >= 0.3 is 0 Å². The van der Waals surface area contributed by atoms with E-state index in [1.165, 1.54) is 4.31 Å². The van der Waals surface area contributed by atoms with Crippen LogP contribution in [0.5, 0.6) is 0 Å². The van der Waals surface area contributed by atoms with Gasteiger partial charge in [-0.3, -0.25) is 4.79 Å². The number of thiophene rings is 1. The number of sulfonamides is 1. The molecule has 3 aromatic rings. The van der Waals surface area contributed by atoms with Crippen LogP contribution in [0.4, 0.5) is 0 Å². The first-order chi connectivity index (χ1) is 13.9. The molecule has 0 radical (unpaired) electrons. The highest BCUT2D eigenvalue weighted by Gasteiger charge is 2.29. The SMILES string of the molecule is NC(=O)c1cc(-c2cccs2)cc2c(C3CCN(S(=O)(=O)CCCl)CC3)c[nH]c12. The zero-order chi connectivity index (χ0) is 20.6. The number of halogens is 1. The van der Waals surface area contributed by atoms with E-state index in [0.29, 0.717) is 18.7 Å². The molecule has 1 aliphatic heterocycles. The van der Waals surface area contributed by atoms with Crippen molar-refractivity contribution in [3.05, 3.63) is 47.0 Å². The second kappa shape index (κ2) is 8.10. The summed E-state index contributed by atoms with van der Waals surface area (Å²) in [6.07, 6.45) is 3.39. The van der Waals surface area contributed by atoms with Gasteiger partial charge in [0.25, 0.3) is 5.91 Å². The summed E-state index contributed by atoms with van der Waals surface area (Å²) in [6, 6.07) is 7.92. The Kier molecular flexibility index (Phi) is 5.70. The van der Waals surface area contributed by atoms with Crippen molar-refractivity contribution in [1.82, 2.24) is 9.29 Å². The van der Waals surface area contributed by atoms with E-state index < -0.39 is 15.9 Å². The summed E-state index contributed by atoms with van der Waals surface area (Å²) in [4.78, 5) is 16.4. The normalized spacial score (nSPS) is 16.4. The molecule has 0 bridgehead atoms. The number of H-pyrrole nitrogens is 1. The van der Waals surface area contributed by atoms with Crippen molar-refractivity contribution in [2.75, 3.05) is 24.7 Å². The lowest BCUT2D eigenvalue weighted by Gasteiger charge is -2.31. The maximum atomic E-state index is 12.3. The summed E-state index contributed by atoms with van der Waals surface area (Å²) in [5, 5.41) is 2.98. The molecule has 9 heteroatoms. The number of aromatic amines is 1. The molecule has 4 rings (SSSR count). The maximum Gasteiger partial charge on any atom is 0.250 e. The second-order valence-electron chi connectivity index (χ2n) is 7.21. The first-order valence-electron chi connectivity index (χ1n) is 9.43. The molecule has 29 heavy (non-hydrogen) atoms. The molecule has 0 unspecified atom stereocenters. The quantitative estimate of drug-likeness (QED) is 0.558. The Morgan fingerprint density at radius 1 is 1.31 bits per heavy atom. The number of hydrogen-bond donors (Lipinski definition) is 2. The van der Waals surface area contributed by atoms with E-state index in [9.17, 15) is 13.2 Å². The fourth-order valence-corrected chi connectivity index (χ4v) is 6.56. The molecule has 1 amide bonds. The van der Waals surface area contributed by atoms with Crippen LogP contribution in [0.2, 0.25) is 0 Å². The number of piperidine rings is 1. The number of nitrogens with one attached hydrogen (secondary N) is 1. The molecule has 3 N–H and O–H groups in total. The van der Waals surface area contributed by atoms with Crippen LogP contribution >= 0.6 is 22.9 Å². The van der Waals surface area contributed by atoms with Crippen LogP contribution in [0.1, 0.15) is 34.7 Å². The molecule has 0 spiro atoms. The predicted molar refractivity (Wildman–Crippen MR) is 118 cm³/mol. The fourth-order valence-electron chi connectivity index (χ4n) is 4.04. The number of benzene rings is 1. The highest BCUT2D eigenvalue weighted by molar-refractivity contribution is 7.89. The van der Waals surface area contributed by atoms with E-state index in [1.54, 1.807) is 11.3 Å². The van der Waals surface area contributed by atoms with Gasteiger partial charge in [0.15, 0.2) is 0 Å². The van der Waals surface area contributed by atoms with Crippen LogP contribution in [0, 0.1) is 0 Å². The molecular formula is C20H22ClN3O3S2. The van der Waals surface area contributed by atoms with Crippen LogP contribution in [-0.4, -0.2) is 48.3 Å². The van der Waals surface area contributed by atoms with Gasteiger partial charge in [0.1, 0.15) is 0 Å². The Balaban J connectivity index is 1.68. The van der Waals surface area contributed by atoms with Crippen molar-refractivity contribution in [3.8, 4) is 10.4 Å². The fraction of sp³-hybridized carbons (Fsp3) is 0.350. The highest BCUT2D eigenvalue weighted by atomic mass is 35.5.